The second-order valence-corrected chi connectivity index (χ2v) is 5.07. The van der Waals surface area contributed by atoms with Gasteiger partial charge in [-0.15, -0.1) is 11.3 Å². The minimum Gasteiger partial charge on any atom is -0.376 e. The molecule has 86 valence electrons. The lowest BCUT2D eigenvalue weighted by Gasteiger charge is -2.20. The second-order valence-electron chi connectivity index (χ2n) is 4.04. The molecule has 0 aromatic carbocycles. The van der Waals surface area contributed by atoms with Gasteiger partial charge in [-0.1, -0.05) is 19.9 Å². The Kier molecular flexibility index (Phi) is 5.91. The van der Waals surface area contributed by atoms with E-state index in [0.29, 0.717) is 12.0 Å². The highest BCUT2D eigenvalue weighted by atomic mass is 32.1. The van der Waals surface area contributed by atoms with Gasteiger partial charge in [-0.25, -0.2) is 0 Å². The Hall–Kier alpha value is -0.380. The number of rotatable bonds is 7. The summed E-state index contributed by atoms with van der Waals surface area (Å²) in [6.45, 7) is 6.16. The second kappa shape index (κ2) is 6.99. The fourth-order valence-corrected chi connectivity index (χ4v) is 2.14. The van der Waals surface area contributed by atoms with E-state index in [1.54, 1.807) is 11.3 Å². The van der Waals surface area contributed by atoms with E-state index in [2.05, 4.69) is 36.7 Å². The van der Waals surface area contributed by atoms with E-state index < -0.39 is 0 Å². The van der Waals surface area contributed by atoms with Crippen LogP contribution in [0.25, 0.3) is 0 Å². The van der Waals surface area contributed by atoms with Crippen molar-refractivity contribution in [2.75, 3.05) is 20.2 Å². The summed E-state index contributed by atoms with van der Waals surface area (Å²) in [5.74, 6) is 0.570. The van der Waals surface area contributed by atoms with Crippen LogP contribution in [-0.4, -0.2) is 26.3 Å². The Bertz CT molecular complexity index is 246. The van der Waals surface area contributed by atoms with Gasteiger partial charge >= 0.3 is 0 Å². The maximum absolute atomic E-state index is 5.86. The molecule has 1 unspecified atom stereocenters. The Balaban J connectivity index is 2.22. The van der Waals surface area contributed by atoms with Crippen LogP contribution in [0.1, 0.15) is 18.7 Å². The normalized spacial score (nSPS) is 13.3. The molecule has 0 bridgehead atoms. The van der Waals surface area contributed by atoms with Crippen LogP contribution in [-0.2, 0) is 11.2 Å². The van der Waals surface area contributed by atoms with Crippen molar-refractivity contribution >= 4 is 11.3 Å². The highest BCUT2D eigenvalue weighted by molar-refractivity contribution is 7.09. The molecule has 3 heteroatoms. The molecule has 0 saturated carbocycles. The third-order valence-corrected chi connectivity index (χ3v) is 3.35. The third-order valence-electron chi connectivity index (χ3n) is 2.41. The van der Waals surface area contributed by atoms with Gasteiger partial charge < -0.3 is 10.1 Å². The summed E-state index contributed by atoms with van der Waals surface area (Å²) in [6, 6.07) is 4.25. The number of thiophene rings is 1. The molecule has 2 nitrogen and oxygen atoms in total. The topological polar surface area (TPSA) is 21.3 Å². The van der Waals surface area contributed by atoms with E-state index in [0.717, 1.165) is 19.6 Å². The quantitative estimate of drug-likeness (QED) is 0.773. The zero-order chi connectivity index (χ0) is 11.1. The molecule has 0 radical (unpaired) electrons. The summed E-state index contributed by atoms with van der Waals surface area (Å²) in [5.41, 5.74) is 0. The van der Waals surface area contributed by atoms with E-state index in [-0.39, 0.29) is 0 Å². The first kappa shape index (κ1) is 12.7. The van der Waals surface area contributed by atoms with Crippen molar-refractivity contribution in [3.05, 3.63) is 22.4 Å². The lowest BCUT2D eigenvalue weighted by Crippen LogP contribution is -2.31. The maximum atomic E-state index is 5.86. The van der Waals surface area contributed by atoms with Crippen LogP contribution in [0.2, 0.25) is 0 Å². The molecule has 0 spiro atoms. The Labute approximate surface area is 96.7 Å². The lowest BCUT2D eigenvalue weighted by molar-refractivity contribution is 0.0262. The Morgan fingerprint density at radius 3 is 2.80 bits per heavy atom. The molecule has 0 aliphatic rings. The number of hydrogen-bond donors (Lipinski definition) is 1. The van der Waals surface area contributed by atoms with Gasteiger partial charge in [0.15, 0.2) is 0 Å². The predicted molar refractivity (Wildman–Crippen MR) is 66.5 cm³/mol. The molecule has 15 heavy (non-hydrogen) atoms. The van der Waals surface area contributed by atoms with E-state index >= 15 is 0 Å². The highest BCUT2D eigenvalue weighted by Crippen LogP contribution is 2.11. The highest BCUT2D eigenvalue weighted by Gasteiger charge is 2.12. The SMILES string of the molecule is CNCC(OCCc1cccs1)C(C)C. The van der Waals surface area contributed by atoms with Crippen molar-refractivity contribution in [3.63, 3.8) is 0 Å². The monoisotopic (exact) mass is 227 g/mol. The molecular weight excluding hydrogens is 206 g/mol. The molecule has 1 N–H and O–H groups in total. The minimum atomic E-state index is 0.329. The number of ether oxygens (including phenoxy) is 1. The van der Waals surface area contributed by atoms with Crippen LogP contribution in [0.5, 0.6) is 0 Å². The van der Waals surface area contributed by atoms with Crippen LogP contribution < -0.4 is 5.32 Å². The van der Waals surface area contributed by atoms with E-state index in [1.165, 1.54) is 4.88 Å². The van der Waals surface area contributed by atoms with Crippen LogP contribution in [0.3, 0.4) is 0 Å². The van der Waals surface area contributed by atoms with Crippen molar-refractivity contribution < 1.29 is 4.74 Å². The molecule has 0 aliphatic heterocycles. The molecular formula is C12H21NOS. The average molecular weight is 227 g/mol. The van der Waals surface area contributed by atoms with Gasteiger partial charge in [-0.05, 0) is 24.4 Å². The number of nitrogens with one attached hydrogen (secondary N) is 1. The van der Waals surface area contributed by atoms with E-state index in [1.807, 2.05) is 7.05 Å². The number of hydrogen-bond acceptors (Lipinski definition) is 3. The van der Waals surface area contributed by atoms with Gasteiger partial charge in [-0.2, -0.15) is 0 Å². The zero-order valence-corrected chi connectivity index (χ0v) is 10.6. The summed E-state index contributed by atoms with van der Waals surface area (Å²) in [7, 11) is 1.97. The van der Waals surface area contributed by atoms with Gasteiger partial charge in [-0.3, -0.25) is 0 Å². The standard InChI is InChI=1S/C12H21NOS/c1-10(2)12(9-13-3)14-7-6-11-5-4-8-15-11/h4-5,8,10,12-13H,6-7,9H2,1-3H3. The van der Waals surface area contributed by atoms with Crippen molar-refractivity contribution in [2.45, 2.75) is 26.4 Å². The van der Waals surface area contributed by atoms with Crippen molar-refractivity contribution in [2.24, 2.45) is 5.92 Å². The summed E-state index contributed by atoms with van der Waals surface area (Å²) in [5, 5.41) is 5.28. The lowest BCUT2D eigenvalue weighted by atomic mass is 10.1. The summed E-state index contributed by atoms with van der Waals surface area (Å²) in [4.78, 5) is 1.40. The Morgan fingerprint density at radius 2 is 2.27 bits per heavy atom. The maximum Gasteiger partial charge on any atom is 0.0722 e. The predicted octanol–water partition coefficient (Wildman–Crippen LogP) is 2.55. The van der Waals surface area contributed by atoms with Crippen LogP contribution in [0, 0.1) is 5.92 Å². The molecule has 0 aliphatic carbocycles. The van der Waals surface area contributed by atoms with Gasteiger partial charge in [0.1, 0.15) is 0 Å². The molecule has 1 rings (SSSR count). The first-order chi connectivity index (χ1) is 7.24. The molecule has 0 saturated heterocycles. The first-order valence-corrected chi connectivity index (χ1v) is 6.40. The molecule has 1 aromatic heterocycles. The fraction of sp³-hybridized carbons (Fsp3) is 0.667. The van der Waals surface area contributed by atoms with Gasteiger partial charge in [0, 0.05) is 17.8 Å². The Morgan fingerprint density at radius 1 is 1.47 bits per heavy atom. The van der Waals surface area contributed by atoms with Crippen LogP contribution in [0.15, 0.2) is 17.5 Å². The fourth-order valence-electron chi connectivity index (χ4n) is 1.45. The number of likely N-dealkylation sites (N-methyl/N-ethyl adjacent to an activating group) is 1. The minimum absolute atomic E-state index is 0.329. The summed E-state index contributed by atoms with van der Waals surface area (Å²) in [6.07, 6.45) is 1.36. The molecule has 1 aromatic rings. The van der Waals surface area contributed by atoms with Crippen molar-refractivity contribution in [1.29, 1.82) is 0 Å². The molecule has 1 heterocycles. The van der Waals surface area contributed by atoms with E-state index in [4.69, 9.17) is 4.74 Å². The zero-order valence-electron chi connectivity index (χ0n) is 9.82. The van der Waals surface area contributed by atoms with Crippen LogP contribution >= 0.6 is 11.3 Å². The average Bonchev–Trinajstić information content (AvgIpc) is 2.69. The molecule has 0 amide bonds. The van der Waals surface area contributed by atoms with Crippen molar-refractivity contribution in [3.8, 4) is 0 Å². The first-order valence-electron chi connectivity index (χ1n) is 5.52. The smallest absolute Gasteiger partial charge is 0.0722 e. The van der Waals surface area contributed by atoms with Crippen LogP contribution in [0.4, 0.5) is 0 Å². The third kappa shape index (κ3) is 4.78. The summed E-state index contributed by atoms with van der Waals surface area (Å²) >= 11 is 1.80. The van der Waals surface area contributed by atoms with Gasteiger partial charge in [0.05, 0.1) is 12.7 Å². The van der Waals surface area contributed by atoms with Gasteiger partial charge in [0.2, 0.25) is 0 Å². The van der Waals surface area contributed by atoms with E-state index in [9.17, 15) is 0 Å². The summed E-state index contributed by atoms with van der Waals surface area (Å²) < 4.78 is 5.86. The molecule has 0 fully saturated rings. The van der Waals surface area contributed by atoms with Gasteiger partial charge in [0.25, 0.3) is 0 Å². The largest absolute Gasteiger partial charge is 0.376 e. The van der Waals surface area contributed by atoms with Crippen molar-refractivity contribution in [1.82, 2.24) is 5.32 Å². The molecule has 1 atom stereocenters.